The first-order chi connectivity index (χ1) is 12.6. The standard InChI is InChI=1S/C17H14F3N5O2/c1-16(2)14(26)25(15(27)24(16)9-11-5-6-22-23-11)12-4-3-10(8-21)13(7-12)17(18,19)20/h3-5,7H,6,9H2,1-2H3. The largest absolute Gasteiger partial charge is 0.417 e. The van der Waals surface area contributed by atoms with Crippen molar-refractivity contribution >= 4 is 17.6 Å². The molecule has 2 aliphatic rings. The van der Waals surface area contributed by atoms with E-state index < -0.39 is 34.8 Å². The molecule has 3 rings (SSSR count). The van der Waals surface area contributed by atoms with Crippen LogP contribution in [0.25, 0.3) is 0 Å². The minimum absolute atomic E-state index is 0.0139. The summed E-state index contributed by atoms with van der Waals surface area (Å²) in [5.74, 6) is -0.666. The second kappa shape index (κ2) is 6.19. The van der Waals surface area contributed by atoms with Crippen LogP contribution in [0.5, 0.6) is 0 Å². The lowest BCUT2D eigenvalue weighted by Gasteiger charge is -2.27. The lowest BCUT2D eigenvalue weighted by atomic mass is 10.0. The first-order valence-electron chi connectivity index (χ1n) is 7.91. The summed E-state index contributed by atoms with van der Waals surface area (Å²) in [6, 6.07) is 3.45. The third kappa shape index (κ3) is 3.05. The minimum Gasteiger partial charge on any atom is -0.304 e. The molecule has 0 atom stereocenters. The van der Waals surface area contributed by atoms with Crippen LogP contribution in [0.15, 0.2) is 40.2 Å². The van der Waals surface area contributed by atoms with E-state index in [1.165, 1.54) is 24.8 Å². The van der Waals surface area contributed by atoms with Crippen LogP contribution in [0.2, 0.25) is 0 Å². The number of benzene rings is 1. The fraction of sp³-hybridized carbons (Fsp3) is 0.353. The third-order valence-electron chi connectivity index (χ3n) is 4.44. The van der Waals surface area contributed by atoms with Crippen LogP contribution >= 0.6 is 0 Å². The Labute approximate surface area is 152 Å². The van der Waals surface area contributed by atoms with E-state index in [0.717, 1.165) is 12.1 Å². The minimum atomic E-state index is -4.79. The van der Waals surface area contributed by atoms with Gasteiger partial charge in [-0.25, -0.2) is 9.69 Å². The highest BCUT2D eigenvalue weighted by Crippen LogP contribution is 2.38. The van der Waals surface area contributed by atoms with E-state index in [9.17, 15) is 22.8 Å². The van der Waals surface area contributed by atoms with Crippen molar-refractivity contribution in [1.29, 1.82) is 5.26 Å². The van der Waals surface area contributed by atoms with Gasteiger partial charge in [-0.15, -0.1) is 0 Å². The van der Waals surface area contributed by atoms with Crippen LogP contribution in [0.1, 0.15) is 25.0 Å². The van der Waals surface area contributed by atoms with Crippen molar-refractivity contribution < 1.29 is 22.8 Å². The molecule has 0 spiro atoms. The Morgan fingerprint density at radius 2 is 2.00 bits per heavy atom. The van der Waals surface area contributed by atoms with Crippen molar-refractivity contribution in [2.75, 3.05) is 18.0 Å². The Kier molecular flexibility index (Phi) is 4.26. The Hall–Kier alpha value is -3.22. The number of nitriles is 1. The van der Waals surface area contributed by atoms with E-state index in [1.54, 1.807) is 6.08 Å². The summed E-state index contributed by atoms with van der Waals surface area (Å²) >= 11 is 0. The molecule has 0 radical (unpaired) electrons. The number of urea groups is 1. The van der Waals surface area contributed by atoms with Gasteiger partial charge in [0, 0.05) is 0 Å². The first kappa shape index (κ1) is 18.6. The molecule has 140 valence electrons. The summed E-state index contributed by atoms with van der Waals surface area (Å²) in [6.45, 7) is 3.41. The molecule has 0 aliphatic carbocycles. The fourth-order valence-electron chi connectivity index (χ4n) is 2.91. The maximum atomic E-state index is 13.2. The molecule has 0 aromatic heterocycles. The number of imide groups is 1. The van der Waals surface area contributed by atoms with Crippen molar-refractivity contribution in [3.63, 3.8) is 0 Å². The van der Waals surface area contributed by atoms with Gasteiger partial charge in [-0.1, -0.05) is 0 Å². The molecular weight excluding hydrogens is 363 g/mol. The Morgan fingerprint density at radius 1 is 1.30 bits per heavy atom. The molecule has 1 aromatic rings. The molecule has 27 heavy (non-hydrogen) atoms. The fourth-order valence-corrected chi connectivity index (χ4v) is 2.91. The number of hydrogen-bond acceptors (Lipinski definition) is 5. The van der Waals surface area contributed by atoms with E-state index >= 15 is 0 Å². The molecule has 0 unspecified atom stereocenters. The Bertz CT molecular complexity index is 927. The number of carbonyl (C=O) groups excluding carboxylic acids is 2. The van der Waals surface area contributed by atoms with E-state index in [-0.39, 0.29) is 12.2 Å². The molecule has 7 nitrogen and oxygen atoms in total. The molecule has 1 aromatic carbocycles. The number of carbonyl (C=O) groups is 2. The van der Waals surface area contributed by atoms with Gasteiger partial charge in [-0.3, -0.25) is 4.79 Å². The van der Waals surface area contributed by atoms with Crippen LogP contribution in [-0.4, -0.2) is 35.5 Å². The van der Waals surface area contributed by atoms with E-state index in [1.807, 2.05) is 0 Å². The van der Waals surface area contributed by atoms with Gasteiger partial charge in [-0.2, -0.15) is 28.7 Å². The molecule has 1 saturated heterocycles. The van der Waals surface area contributed by atoms with Crippen LogP contribution in [0.4, 0.5) is 23.7 Å². The number of alkyl halides is 3. The van der Waals surface area contributed by atoms with Gasteiger partial charge in [0.2, 0.25) is 0 Å². The van der Waals surface area contributed by atoms with Crippen LogP contribution in [0, 0.1) is 11.3 Å². The highest BCUT2D eigenvalue weighted by Gasteiger charge is 2.52. The normalized spacial score (nSPS) is 18.9. The van der Waals surface area contributed by atoms with Crippen molar-refractivity contribution in [2.45, 2.75) is 25.6 Å². The average molecular weight is 377 g/mol. The quantitative estimate of drug-likeness (QED) is 0.756. The topological polar surface area (TPSA) is 89.1 Å². The molecule has 1 fully saturated rings. The second-order valence-electron chi connectivity index (χ2n) is 6.53. The first-order valence-corrected chi connectivity index (χ1v) is 7.91. The van der Waals surface area contributed by atoms with Gasteiger partial charge in [-0.05, 0) is 38.1 Å². The van der Waals surface area contributed by atoms with Gasteiger partial charge in [0.05, 0.1) is 41.7 Å². The number of rotatable bonds is 3. The van der Waals surface area contributed by atoms with Crippen LogP contribution < -0.4 is 4.90 Å². The monoisotopic (exact) mass is 377 g/mol. The number of anilines is 1. The van der Waals surface area contributed by atoms with Crippen molar-refractivity contribution in [1.82, 2.24) is 4.90 Å². The lowest BCUT2D eigenvalue weighted by molar-refractivity contribution is -0.137. The van der Waals surface area contributed by atoms with Crippen molar-refractivity contribution in [3.8, 4) is 6.07 Å². The predicted molar refractivity (Wildman–Crippen MR) is 87.6 cm³/mol. The van der Waals surface area contributed by atoms with E-state index in [4.69, 9.17) is 5.26 Å². The molecule has 0 N–H and O–H groups in total. The number of azo groups is 1. The zero-order chi connectivity index (χ0) is 20.0. The smallest absolute Gasteiger partial charge is 0.304 e. The average Bonchev–Trinajstić information content (AvgIpc) is 3.16. The third-order valence-corrected chi connectivity index (χ3v) is 4.44. The van der Waals surface area contributed by atoms with Crippen LogP contribution in [0.3, 0.4) is 0 Å². The number of nitrogens with zero attached hydrogens (tertiary/aromatic N) is 5. The molecule has 10 heteroatoms. The van der Waals surface area contributed by atoms with Crippen molar-refractivity contribution in [3.05, 3.63) is 41.1 Å². The highest BCUT2D eigenvalue weighted by atomic mass is 19.4. The van der Waals surface area contributed by atoms with Gasteiger partial charge in [0.15, 0.2) is 0 Å². The second-order valence-corrected chi connectivity index (χ2v) is 6.53. The predicted octanol–water partition coefficient (Wildman–Crippen LogP) is 3.47. The maximum absolute atomic E-state index is 13.2. The summed E-state index contributed by atoms with van der Waals surface area (Å²) in [6.07, 6.45) is -3.10. The lowest BCUT2D eigenvalue weighted by Crippen LogP contribution is -2.44. The molecule has 0 saturated carbocycles. The summed E-state index contributed by atoms with van der Waals surface area (Å²) in [5.41, 5.74) is -2.80. The molecular formula is C17H14F3N5O2. The Morgan fingerprint density at radius 3 is 2.56 bits per heavy atom. The zero-order valence-corrected chi connectivity index (χ0v) is 14.4. The summed E-state index contributed by atoms with van der Waals surface area (Å²) in [4.78, 5) is 27.5. The number of amides is 3. The molecule has 2 heterocycles. The number of hydrogen-bond donors (Lipinski definition) is 0. The molecule has 2 aliphatic heterocycles. The van der Waals surface area contributed by atoms with Gasteiger partial charge < -0.3 is 4.90 Å². The molecule has 0 bridgehead atoms. The zero-order valence-electron chi connectivity index (χ0n) is 14.4. The van der Waals surface area contributed by atoms with Crippen molar-refractivity contribution in [2.24, 2.45) is 10.2 Å². The van der Waals surface area contributed by atoms with Crippen LogP contribution in [-0.2, 0) is 11.0 Å². The highest BCUT2D eigenvalue weighted by molar-refractivity contribution is 6.23. The van der Waals surface area contributed by atoms with E-state index in [2.05, 4.69) is 10.2 Å². The summed E-state index contributed by atoms with van der Waals surface area (Å²) < 4.78 is 39.6. The van der Waals surface area contributed by atoms with Gasteiger partial charge in [0.25, 0.3) is 5.91 Å². The maximum Gasteiger partial charge on any atom is 0.417 e. The van der Waals surface area contributed by atoms with Gasteiger partial charge >= 0.3 is 12.2 Å². The molecule has 3 amide bonds. The van der Waals surface area contributed by atoms with E-state index in [0.29, 0.717) is 23.2 Å². The summed E-state index contributed by atoms with van der Waals surface area (Å²) in [5, 5.41) is 16.5. The van der Waals surface area contributed by atoms with Gasteiger partial charge in [0.1, 0.15) is 5.54 Å². The Balaban J connectivity index is 2.02. The number of halogens is 3. The SMILES string of the molecule is CC1(C)C(=O)N(c2ccc(C#N)c(C(F)(F)F)c2)C(=O)N1CC1=CCN=N1. The summed E-state index contributed by atoms with van der Waals surface area (Å²) in [7, 11) is 0.